The highest BCUT2D eigenvalue weighted by molar-refractivity contribution is 6.30. The summed E-state index contributed by atoms with van der Waals surface area (Å²) in [6.45, 7) is 0.701. The van der Waals surface area contributed by atoms with Gasteiger partial charge in [0.05, 0.1) is 19.6 Å². The van der Waals surface area contributed by atoms with Gasteiger partial charge in [-0.05, 0) is 48.5 Å². The second kappa shape index (κ2) is 10.0. The van der Waals surface area contributed by atoms with Crippen molar-refractivity contribution in [2.45, 2.75) is 12.0 Å². The zero-order chi connectivity index (χ0) is 21.6. The Morgan fingerprint density at radius 2 is 1.57 bits per heavy atom. The van der Waals surface area contributed by atoms with E-state index in [1.807, 2.05) is 0 Å². The maximum absolute atomic E-state index is 12.7. The van der Waals surface area contributed by atoms with Gasteiger partial charge in [-0.1, -0.05) is 23.2 Å². The molecule has 0 bridgehead atoms. The average molecular weight is 453 g/mol. The smallest absolute Gasteiger partial charge is 0.260 e. The van der Waals surface area contributed by atoms with E-state index >= 15 is 0 Å². The maximum Gasteiger partial charge on any atom is 0.260 e. The molecule has 1 heterocycles. The molecule has 1 atom stereocenters. The minimum absolute atomic E-state index is 0.0550. The molecule has 1 aliphatic heterocycles. The van der Waals surface area contributed by atoms with Crippen LogP contribution in [0.4, 0.5) is 0 Å². The van der Waals surface area contributed by atoms with Crippen LogP contribution in [0.1, 0.15) is 6.42 Å². The summed E-state index contributed by atoms with van der Waals surface area (Å²) < 4.78 is 17.2. The Bertz CT molecular complexity index is 876. The van der Waals surface area contributed by atoms with Crippen LogP contribution in [0, 0.1) is 0 Å². The number of morpholine rings is 1. The predicted molar refractivity (Wildman–Crippen MR) is 113 cm³/mol. The van der Waals surface area contributed by atoms with Gasteiger partial charge in [-0.2, -0.15) is 0 Å². The van der Waals surface area contributed by atoms with Crippen LogP contribution in [-0.4, -0.2) is 55.2 Å². The van der Waals surface area contributed by atoms with Crippen molar-refractivity contribution >= 4 is 35.0 Å². The normalized spacial score (nSPS) is 18.7. The van der Waals surface area contributed by atoms with E-state index < -0.39 is 11.5 Å². The van der Waals surface area contributed by atoms with Crippen LogP contribution in [-0.2, 0) is 14.3 Å². The first-order valence-corrected chi connectivity index (χ1v) is 10.1. The molecule has 160 valence electrons. The van der Waals surface area contributed by atoms with Gasteiger partial charge in [-0.3, -0.25) is 9.59 Å². The molecule has 7 nitrogen and oxygen atoms in total. The first-order valence-electron chi connectivity index (χ1n) is 9.32. The molecular weight excluding hydrogens is 431 g/mol. The highest BCUT2D eigenvalue weighted by Gasteiger charge is 2.41. The van der Waals surface area contributed by atoms with Gasteiger partial charge < -0.3 is 24.8 Å². The largest absolute Gasteiger partial charge is 0.490 e. The Morgan fingerprint density at radius 1 is 1.00 bits per heavy atom. The van der Waals surface area contributed by atoms with Gasteiger partial charge in [-0.15, -0.1) is 0 Å². The summed E-state index contributed by atoms with van der Waals surface area (Å²) in [4.78, 5) is 25.9. The zero-order valence-electron chi connectivity index (χ0n) is 16.2. The van der Waals surface area contributed by atoms with E-state index in [1.165, 1.54) is 0 Å². The summed E-state index contributed by atoms with van der Waals surface area (Å²) in [5, 5.41) is 1.17. The van der Waals surface area contributed by atoms with E-state index in [9.17, 15) is 9.59 Å². The van der Waals surface area contributed by atoms with E-state index in [2.05, 4.69) is 0 Å². The summed E-state index contributed by atoms with van der Waals surface area (Å²) >= 11 is 11.7. The van der Waals surface area contributed by atoms with Crippen molar-refractivity contribution in [2.24, 2.45) is 5.73 Å². The van der Waals surface area contributed by atoms with Crippen molar-refractivity contribution in [3.8, 4) is 11.5 Å². The summed E-state index contributed by atoms with van der Waals surface area (Å²) in [6.07, 6.45) is -0.0809. The second-order valence-corrected chi connectivity index (χ2v) is 7.85. The fourth-order valence-corrected chi connectivity index (χ4v) is 3.39. The number of hydrogen-bond donors (Lipinski definition) is 1. The molecule has 0 aromatic heterocycles. The van der Waals surface area contributed by atoms with Crippen LogP contribution in [0.25, 0.3) is 0 Å². The highest BCUT2D eigenvalue weighted by Crippen LogP contribution is 2.25. The monoisotopic (exact) mass is 452 g/mol. The molecular formula is C21H22Cl2N2O5. The van der Waals surface area contributed by atoms with Crippen molar-refractivity contribution in [2.75, 3.05) is 32.9 Å². The number of hydrogen-bond acceptors (Lipinski definition) is 5. The molecule has 0 radical (unpaired) electrons. The molecule has 2 aromatic carbocycles. The van der Waals surface area contributed by atoms with Crippen molar-refractivity contribution < 1.29 is 23.8 Å². The number of carbonyl (C=O) groups is 2. The van der Waals surface area contributed by atoms with E-state index in [0.717, 1.165) is 0 Å². The number of ether oxygens (including phenoxy) is 3. The molecule has 30 heavy (non-hydrogen) atoms. The van der Waals surface area contributed by atoms with Gasteiger partial charge in [0, 0.05) is 16.6 Å². The van der Waals surface area contributed by atoms with Crippen LogP contribution in [0.15, 0.2) is 48.5 Å². The number of nitrogens with zero attached hydrogens (tertiary/aromatic N) is 1. The second-order valence-electron chi connectivity index (χ2n) is 6.98. The van der Waals surface area contributed by atoms with E-state index in [4.69, 9.17) is 43.1 Å². The topological polar surface area (TPSA) is 91.1 Å². The van der Waals surface area contributed by atoms with Crippen molar-refractivity contribution in [3.05, 3.63) is 58.6 Å². The van der Waals surface area contributed by atoms with E-state index in [-0.39, 0.29) is 38.7 Å². The number of rotatable bonds is 8. The molecule has 0 aliphatic carbocycles. The SMILES string of the molecule is NC(=O)C[C@@]1(COc2ccc(Cl)cc2)CN(C(=O)COc2ccc(Cl)cc2)CCO1. The number of amides is 2. The number of nitrogens with two attached hydrogens (primary N) is 1. The fourth-order valence-electron chi connectivity index (χ4n) is 3.13. The predicted octanol–water partition coefficient (Wildman–Crippen LogP) is 2.92. The molecule has 9 heteroatoms. The molecule has 2 N–H and O–H groups in total. The van der Waals surface area contributed by atoms with E-state index in [1.54, 1.807) is 53.4 Å². The minimum atomic E-state index is -1.04. The van der Waals surface area contributed by atoms with E-state index in [0.29, 0.717) is 28.1 Å². The Hall–Kier alpha value is -2.48. The molecule has 0 unspecified atom stereocenters. The van der Waals surface area contributed by atoms with Gasteiger partial charge in [0.15, 0.2) is 6.61 Å². The molecule has 3 rings (SSSR count). The molecule has 1 saturated heterocycles. The Morgan fingerprint density at radius 3 is 2.13 bits per heavy atom. The van der Waals surface area contributed by atoms with Crippen LogP contribution >= 0.6 is 23.2 Å². The van der Waals surface area contributed by atoms with Crippen LogP contribution < -0.4 is 15.2 Å². The third-order valence-electron chi connectivity index (χ3n) is 4.59. The zero-order valence-corrected chi connectivity index (χ0v) is 17.7. The quantitative estimate of drug-likeness (QED) is 0.664. The van der Waals surface area contributed by atoms with Gasteiger partial charge in [0.1, 0.15) is 23.7 Å². The van der Waals surface area contributed by atoms with Crippen molar-refractivity contribution in [3.63, 3.8) is 0 Å². The maximum atomic E-state index is 12.7. The lowest BCUT2D eigenvalue weighted by Crippen LogP contribution is -2.58. The van der Waals surface area contributed by atoms with Crippen LogP contribution in [0.5, 0.6) is 11.5 Å². The molecule has 1 fully saturated rings. The third kappa shape index (κ3) is 6.26. The summed E-state index contributed by atoms with van der Waals surface area (Å²) in [6, 6.07) is 13.6. The number of carbonyl (C=O) groups excluding carboxylic acids is 2. The molecule has 2 aromatic rings. The lowest BCUT2D eigenvalue weighted by Gasteiger charge is -2.41. The first kappa shape index (κ1) is 22.2. The highest BCUT2D eigenvalue weighted by atomic mass is 35.5. The van der Waals surface area contributed by atoms with Crippen molar-refractivity contribution in [1.29, 1.82) is 0 Å². The Kier molecular flexibility index (Phi) is 7.42. The summed E-state index contributed by atoms with van der Waals surface area (Å²) in [5.41, 5.74) is 4.39. The Labute approximate surface area is 184 Å². The number of halogens is 2. The van der Waals surface area contributed by atoms with Crippen molar-refractivity contribution in [1.82, 2.24) is 4.90 Å². The summed E-state index contributed by atoms with van der Waals surface area (Å²) in [5.74, 6) is 0.340. The Balaban J connectivity index is 1.63. The first-order chi connectivity index (χ1) is 14.3. The molecule has 2 amide bonds. The average Bonchev–Trinajstić information content (AvgIpc) is 2.72. The minimum Gasteiger partial charge on any atom is -0.490 e. The standard InChI is InChI=1S/C21H22Cl2N2O5/c22-15-1-5-17(6-2-15)28-12-20(27)25-9-10-30-21(13-25,11-19(24)26)14-29-18-7-3-16(23)4-8-18/h1-8H,9-14H2,(H2,24,26)/t21-/m0/s1. The lowest BCUT2D eigenvalue weighted by molar-refractivity contribution is -0.163. The lowest BCUT2D eigenvalue weighted by atomic mass is 9.97. The van der Waals surface area contributed by atoms with Gasteiger partial charge in [-0.25, -0.2) is 0 Å². The molecule has 0 saturated carbocycles. The third-order valence-corrected chi connectivity index (χ3v) is 5.09. The van der Waals surface area contributed by atoms with Crippen LogP contribution in [0.3, 0.4) is 0 Å². The summed E-state index contributed by atoms with van der Waals surface area (Å²) in [7, 11) is 0. The van der Waals surface area contributed by atoms with Gasteiger partial charge in [0.2, 0.25) is 5.91 Å². The molecule has 1 aliphatic rings. The van der Waals surface area contributed by atoms with Gasteiger partial charge in [0.25, 0.3) is 5.91 Å². The number of primary amides is 1. The van der Waals surface area contributed by atoms with Gasteiger partial charge >= 0.3 is 0 Å². The number of benzene rings is 2. The van der Waals surface area contributed by atoms with Crippen LogP contribution in [0.2, 0.25) is 10.0 Å². The fraction of sp³-hybridized carbons (Fsp3) is 0.333. The molecule has 0 spiro atoms.